The Kier molecular flexibility index (Phi) is 3.91. The van der Waals surface area contributed by atoms with Crippen LogP contribution in [0.5, 0.6) is 5.75 Å². The minimum absolute atomic E-state index is 0.0133. The Hall–Kier alpha value is -1.07. The highest BCUT2D eigenvalue weighted by Crippen LogP contribution is 2.25. The summed E-state index contributed by atoms with van der Waals surface area (Å²) in [5.74, 6) is 0.642. The third-order valence-corrected chi connectivity index (χ3v) is 2.21. The van der Waals surface area contributed by atoms with Gasteiger partial charge in [0, 0.05) is 5.56 Å². The number of rotatable bonds is 4. The van der Waals surface area contributed by atoms with Crippen LogP contribution >= 0.6 is 15.9 Å². The highest BCUT2D eigenvalue weighted by atomic mass is 79.9. The van der Waals surface area contributed by atoms with Gasteiger partial charge in [0.05, 0.1) is 11.1 Å². The van der Waals surface area contributed by atoms with Gasteiger partial charge in [0.2, 0.25) is 0 Å². The van der Waals surface area contributed by atoms with Crippen LogP contribution < -0.4 is 10.5 Å². The molecule has 0 aliphatic carbocycles. The molecule has 4 N–H and O–H groups in total. The molecule has 1 rings (SSSR count). The summed E-state index contributed by atoms with van der Waals surface area (Å²) in [4.78, 5) is 0. The lowest BCUT2D eigenvalue weighted by Gasteiger charge is -2.07. The predicted molar refractivity (Wildman–Crippen MR) is 57.7 cm³/mol. The first kappa shape index (κ1) is 11.0. The van der Waals surface area contributed by atoms with Crippen molar-refractivity contribution in [2.24, 2.45) is 5.73 Å². The molecule has 0 bridgehead atoms. The van der Waals surface area contributed by atoms with Gasteiger partial charge >= 0.3 is 0 Å². The molecule has 5 heteroatoms. The molecule has 0 radical (unpaired) electrons. The minimum atomic E-state index is -0.0269. The Morgan fingerprint density at radius 2 is 2.29 bits per heavy atom. The van der Waals surface area contributed by atoms with Gasteiger partial charge in [-0.1, -0.05) is 0 Å². The number of benzene rings is 1. The Balaban J connectivity index is 2.84. The van der Waals surface area contributed by atoms with Crippen LogP contribution in [0.4, 0.5) is 0 Å². The molecule has 0 aliphatic rings. The van der Waals surface area contributed by atoms with E-state index in [-0.39, 0.29) is 19.0 Å². The second-order valence-corrected chi connectivity index (χ2v) is 3.49. The summed E-state index contributed by atoms with van der Waals surface area (Å²) in [6.07, 6.45) is 0. The monoisotopic (exact) mass is 258 g/mol. The number of hydrogen-bond acceptors (Lipinski definition) is 3. The van der Waals surface area contributed by atoms with Crippen LogP contribution in [0.1, 0.15) is 5.56 Å². The molecule has 4 nitrogen and oxygen atoms in total. The van der Waals surface area contributed by atoms with E-state index in [0.29, 0.717) is 11.3 Å². The van der Waals surface area contributed by atoms with Gasteiger partial charge in [0.25, 0.3) is 0 Å². The molecule has 0 aromatic heterocycles. The van der Waals surface area contributed by atoms with Crippen LogP contribution in [0.2, 0.25) is 0 Å². The lowest BCUT2D eigenvalue weighted by atomic mass is 10.2. The smallest absolute Gasteiger partial charge is 0.133 e. The van der Waals surface area contributed by atoms with E-state index >= 15 is 0 Å². The zero-order valence-corrected chi connectivity index (χ0v) is 9.04. The number of nitrogen functional groups attached to an aromatic ring is 1. The summed E-state index contributed by atoms with van der Waals surface area (Å²) in [6, 6.07) is 5.10. The molecule has 0 amide bonds. The number of hydrogen-bond donors (Lipinski definition) is 3. The fraction of sp³-hybridized carbons (Fsp3) is 0.222. The summed E-state index contributed by atoms with van der Waals surface area (Å²) in [7, 11) is 0. The fourth-order valence-electron chi connectivity index (χ4n) is 0.941. The molecule has 0 fully saturated rings. The molecular weight excluding hydrogens is 248 g/mol. The Bertz CT molecular complexity index is 342. The number of nitrogens with two attached hydrogens (primary N) is 1. The van der Waals surface area contributed by atoms with Crippen molar-refractivity contribution in [3.8, 4) is 5.75 Å². The molecule has 76 valence electrons. The van der Waals surface area contributed by atoms with Crippen molar-refractivity contribution < 1.29 is 9.84 Å². The standard InChI is InChI=1S/C9H11BrN2O2/c10-7-5-6(9(11)12)1-2-8(7)14-4-3-13/h1-2,5,13H,3-4H2,(H3,11,12). The third kappa shape index (κ3) is 2.71. The molecule has 0 heterocycles. The summed E-state index contributed by atoms with van der Waals surface area (Å²) in [6.45, 7) is 0.221. The normalized spacial score (nSPS) is 9.86. The number of nitrogens with one attached hydrogen (secondary N) is 1. The maximum Gasteiger partial charge on any atom is 0.133 e. The summed E-state index contributed by atoms with van der Waals surface area (Å²) < 4.78 is 5.93. The van der Waals surface area contributed by atoms with E-state index in [9.17, 15) is 0 Å². The molecule has 0 saturated heterocycles. The number of amidine groups is 1. The van der Waals surface area contributed by atoms with E-state index < -0.39 is 0 Å². The number of aliphatic hydroxyl groups excluding tert-OH is 1. The van der Waals surface area contributed by atoms with Crippen molar-refractivity contribution >= 4 is 21.8 Å². The fourth-order valence-corrected chi connectivity index (χ4v) is 1.43. The lowest BCUT2D eigenvalue weighted by Crippen LogP contribution is -2.11. The van der Waals surface area contributed by atoms with E-state index in [1.54, 1.807) is 18.2 Å². The van der Waals surface area contributed by atoms with Gasteiger partial charge in [-0.2, -0.15) is 0 Å². The van der Waals surface area contributed by atoms with Crippen molar-refractivity contribution in [1.82, 2.24) is 0 Å². The van der Waals surface area contributed by atoms with Gasteiger partial charge in [-0.3, -0.25) is 5.41 Å². The van der Waals surface area contributed by atoms with Gasteiger partial charge in [0.15, 0.2) is 0 Å². The second-order valence-electron chi connectivity index (χ2n) is 2.63. The zero-order chi connectivity index (χ0) is 10.6. The van der Waals surface area contributed by atoms with Crippen molar-refractivity contribution in [2.75, 3.05) is 13.2 Å². The largest absolute Gasteiger partial charge is 0.490 e. The average Bonchev–Trinajstić information content (AvgIpc) is 2.15. The number of aliphatic hydroxyl groups is 1. The SMILES string of the molecule is N=C(N)c1ccc(OCCO)c(Br)c1. The number of ether oxygens (including phenoxy) is 1. The third-order valence-electron chi connectivity index (χ3n) is 1.59. The van der Waals surface area contributed by atoms with Gasteiger partial charge in [-0.05, 0) is 34.1 Å². The van der Waals surface area contributed by atoms with Gasteiger partial charge in [-0.25, -0.2) is 0 Å². The molecule has 0 saturated carbocycles. The molecule has 0 atom stereocenters. The first-order chi connectivity index (χ1) is 6.65. The highest BCUT2D eigenvalue weighted by Gasteiger charge is 2.03. The summed E-state index contributed by atoms with van der Waals surface area (Å²) >= 11 is 3.29. The van der Waals surface area contributed by atoms with Crippen LogP contribution in [0, 0.1) is 5.41 Å². The quantitative estimate of drug-likeness (QED) is 0.559. The van der Waals surface area contributed by atoms with Crippen LogP contribution in [-0.2, 0) is 0 Å². The number of halogens is 1. The van der Waals surface area contributed by atoms with E-state index in [1.807, 2.05) is 0 Å². The van der Waals surface area contributed by atoms with Crippen molar-refractivity contribution in [3.63, 3.8) is 0 Å². The van der Waals surface area contributed by atoms with Crippen molar-refractivity contribution in [2.45, 2.75) is 0 Å². The first-order valence-corrected chi connectivity index (χ1v) is 4.82. The lowest BCUT2D eigenvalue weighted by molar-refractivity contribution is 0.200. The molecule has 1 aromatic rings. The van der Waals surface area contributed by atoms with Crippen LogP contribution in [0.25, 0.3) is 0 Å². The van der Waals surface area contributed by atoms with Gasteiger partial charge in [0.1, 0.15) is 18.2 Å². The summed E-state index contributed by atoms with van der Waals surface area (Å²) in [5, 5.41) is 15.8. The average molecular weight is 259 g/mol. The van der Waals surface area contributed by atoms with Gasteiger partial charge < -0.3 is 15.6 Å². The predicted octanol–water partition coefficient (Wildman–Crippen LogP) is 1.10. The maximum atomic E-state index is 8.57. The molecule has 0 spiro atoms. The molecule has 1 aromatic carbocycles. The maximum absolute atomic E-state index is 8.57. The van der Waals surface area contributed by atoms with Crippen molar-refractivity contribution in [1.29, 1.82) is 5.41 Å². The Labute approximate surface area is 90.3 Å². The topological polar surface area (TPSA) is 79.3 Å². The van der Waals surface area contributed by atoms with Crippen LogP contribution in [-0.4, -0.2) is 24.2 Å². The molecule has 14 heavy (non-hydrogen) atoms. The van der Waals surface area contributed by atoms with E-state index in [1.165, 1.54) is 0 Å². The van der Waals surface area contributed by atoms with Crippen LogP contribution in [0.3, 0.4) is 0 Å². The van der Waals surface area contributed by atoms with Crippen molar-refractivity contribution in [3.05, 3.63) is 28.2 Å². The Morgan fingerprint density at radius 3 is 2.79 bits per heavy atom. The second kappa shape index (κ2) is 4.97. The molecular formula is C9H11BrN2O2. The molecule has 0 aliphatic heterocycles. The zero-order valence-electron chi connectivity index (χ0n) is 7.46. The minimum Gasteiger partial charge on any atom is -0.490 e. The van der Waals surface area contributed by atoms with E-state index in [4.69, 9.17) is 21.0 Å². The highest BCUT2D eigenvalue weighted by molar-refractivity contribution is 9.10. The first-order valence-electron chi connectivity index (χ1n) is 4.02. The van der Waals surface area contributed by atoms with E-state index in [0.717, 1.165) is 4.47 Å². The Morgan fingerprint density at radius 1 is 1.57 bits per heavy atom. The van der Waals surface area contributed by atoms with E-state index in [2.05, 4.69) is 15.9 Å². The summed E-state index contributed by atoms with van der Waals surface area (Å²) in [5.41, 5.74) is 5.95. The molecule has 0 unspecified atom stereocenters. The van der Waals surface area contributed by atoms with Gasteiger partial charge in [-0.15, -0.1) is 0 Å². The van der Waals surface area contributed by atoms with Crippen LogP contribution in [0.15, 0.2) is 22.7 Å².